The molecule has 0 radical (unpaired) electrons. The summed E-state index contributed by atoms with van der Waals surface area (Å²) in [6, 6.07) is -0.435. The molecule has 19 heavy (non-hydrogen) atoms. The van der Waals surface area contributed by atoms with Crippen molar-refractivity contribution in [3.63, 3.8) is 0 Å². The summed E-state index contributed by atoms with van der Waals surface area (Å²) >= 11 is 0. The maximum atomic E-state index is 12.3. The fourth-order valence-corrected chi connectivity index (χ4v) is 4.44. The smallest absolute Gasteiger partial charge is 0.279 e. The van der Waals surface area contributed by atoms with Gasteiger partial charge in [-0.15, -0.1) is 0 Å². The summed E-state index contributed by atoms with van der Waals surface area (Å²) in [5.74, 6) is 0.420. The van der Waals surface area contributed by atoms with Gasteiger partial charge in [-0.1, -0.05) is 6.92 Å². The summed E-state index contributed by atoms with van der Waals surface area (Å²) in [7, 11) is -3.44. The van der Waals surface area contributed by atoms with Crippen molar-refractivity contribution in [1.29, 1.82) is 0 Å². The van der Waals surface area contributed by atoms with Crippen molar-refractivity contribution >= 4 is 10.2 Å². The first kappa shape index (κ1) is 15.2. The van der Waals surface area contributed by atoms with Crippen molar-refractivity contribution in [2.24, 2.45) is 11.7 Å². The van der Waals surface area contributed by atoms with E-state index in [9.17, 15) is 8.42 Å². The Kier molecular flexibility index (Phi) is 4.84. The molecule has 1 heterocycles. The van der Waals surface area contributed by atoms with Crippen molar-refractivity contribution in [2.75, 3.05) is 19.7 Å². The molecule has 2 rings (SSSR count). The molecule has 0 aromatic heterocycles. The molecule has 6 nitrogen and oxygen atoms in total. The normalized spacial score (nSPS) is 37.0. The Morgan fingerprint density at radius 3 is 2.79 bits per heavy atom. The van der Waals surface area contributed by atoms with Gasteiger partial charge in [-0.2, -0.15) is 17.4 Å². The van der Waals surface area contributed by atoms with Crippen LogP contribution in [0.15, 0.2) is 0 Å². The number of ether oxygens (including phenoxy) is 1. The van der Waals surface area contributed by atoms with Crippen LogP contribution in [0.3, 0.4) is 0 Å². The monoisotopic (exact) mass is 291 g/mol. The van der Waals surface area contributed by atoms with Crippen LogP contribution in [0.4, 0.5) is 0 Å². The third-order valence-electron chi connectivity index (χ3n) is 3.99. The summed E-state index contributed by atoms with van der Waals surface area (Å²) < 4.78 is 34.4. The van der Waals surface area contributed by atoms with Crippen LogP contribution in [0.1, 0.15) is 33.1 Å². The van der Waals surface area contributed by atoms with Crippen molar-refractivity contribution in [1.82, 2.24) is 9.03 Å². The molecule has 1 aliphatic carbocycles. The summed E-state index contributed by atoms with van der Waals surface area (Å²) in [5.41, 5.74) is 5.88. The summed E-state index contributed by atoms with van der Waals surface area (Å²) in [5, 5.41) is 0. The predicted octanol–water partition coefficient (Wildman–Crippen LogP) is 0.0574. The van der Waals surface area contributed by atoms with Gasteiger partial charge in [0.25, 0.3) is 10.2 Å². The largest absolute Gasteiger partial charge is 0.377 e. The highest BCUT2D eigenvalue weighted by Crippen LogP contribution is 2.25. The third kappa shape index (κ3) is 3.46. The lowest BCUT2D eigenvalue weighted by atomic mass is 9.84. The summed E-state index contributed by atoms with van der Waals surface area (Å²) in [6.07, 6.45) is 2.65. The molecule has 2 fully saturated rings. The fourth-order valence-electron chi connectivity index (χ4n) is 2.80. The van der Waals surface area contributed by atoms with Gasteiger partial charge in [0.1, 0.15) is 0 Å². The van der Waals surface area contributed by atoms with Gasteiger partial charge in [-0.05, 0) is 32.1 Å². The van der Waals surface area contributed by atoms with Crippen molar-refractivity contribution in [3.05, 3.63) is 0 Å². The fraction of sp³-hybridized carbons (Fsp3) is 1.00. The van der Waals surface area contributed by atoms with Gasteiger partial charge in [0.2, 0.25) is 0 Å². The molecule has 0 amide bonds. The lowest BCUT2D eigenvalue weighted by molar-refractivity contribution is -0.0253. The van der Waals surface area contributed by atoms with Crippen LogP contribution in [-0.2, 0) is 14.9 Å². The van der Waals surface area contributed by atoms with E-state index in [4.69, 9.17) is 10.5 Å². The molecule has 4 atom stereocenters. The van der Waals surface area contributed by atoms with Gasteiger partial charge in [0.05, 0.1) is 12.1 Å². The van der Waals surface area contributed by atoms with Gasteiger partial charge in [-0.3, -0.25) is 0 Å². The first-order chi connectivity index (χ1) is 8.94. The van der Waals surface area contributed by atoms with E-state index in [1.54, 1.807) is 0 Å². The lowest BCUT2D eigenvalue weighted by Gasteiger charge is -2.43. The Hall–Kier alpha value is -0.210. The van der Waals surface area contributed by atoms with E-state index in [-0.39, 0.29) is 18.2 Å². The van der Waals surface area contributed by atoms with Crippen LogP contribution >= 0.6 is 0 Å². The topological polar surface area (TPSA) is 84.7 Å². The number of nitrogens with one attached hydrogen (secondary N) is 1. The Morgan fingerprint density at radius 2 is 2.21 bits per heavy atom. The number of piperidine rings is 1. The van der Waals surface area contributed by atoms with Crippen LogP contribution in [-0.4, -0.2) is 50.6 Å². The number of hydrogen-bond donors (Lipinski definition) is 2. The van der Waals surface area contributed by atoms with Crippen LogP contribution < -0.4 is 10.5 Å². The average Bonchev–Trinajstić information content (AvgIpc) is 2.36. The van der Waals surface area contributed by atoms with Gasteiger partial charge in [-0.25, -0.2) is 0 Å². The minimum Gasteiger partial charge on any atom is -0.377 e. The minimum atomic E-state index is -3.44. The maximum absolute atomic E-state index is 12.3. The van der Waals surface area contributed by atoms with Crippen molar-refractivity contribution < 1.29 is 13.2 Å². The van der Waals surface area contributed by atoms with E-state index in [0.29, 0.717) is 25.6 Å². The third-order valence-corrected chi connectivity index (χ3v) is 5.57. The molecule has 2 aliphatic rings. The van der Waals surface area contributed by atoms with E-state index in [1.807, 2.05) is 6.92 Å². The van der Waals surface area contributed by atoms with Crippen LogP contribution in [0.2, 0.25) is 0 Å². The Balaban J connectivity index is 1.96. The van der Waals surface area contributed by atoms with Gasteiger partial charge in [0.15, 0.2) is 0 Å². The number of nitrogens with two attached hydrogens (primary N) is 1. The zero-order chi connectivity index (χ0) is 14.0. The maximum Gasteiger partial charge on any atom is 0.279 e. The Morgan fingerprint density at radius 1 is 1.47 bits per heavy atom. The predicted molar refractivity (Wildman–Crippen MR) is 73.8 cm³/mol. The van der Waals surface area contributed by atoms with E-state index >= 15 is 0 Å². The molecule has 0 bridgehead atoms. The lowest BCUT2D eigenvalue weighted by Crippen LogP contribution is -2.66. The van der Waals surface area contributed by atoms with Gasteiger partial charge in [0, 0.05) is 25.7 Å². The zero-order valence-electron chi connectivity index (χ0n) is 11.7. The van der Waals surface area contributed by atoms with E-state index in [1.165, 1.54) is 4.31 Å². The number of nitrogens with zero attached hydrogens (tertiary/aromatic N) is 1. The highest BCUT2D eigenvalue weighted by atomic mass is 32.2. The first-order valence-electron chi connectivity index (χ1n) is 7.08. The van der Waals surface area contributed by atoms with Gasteiger partial charge >= 0.3 is 0 Å². The standard InChI is InChI=1S/C12H25N3O3S/c1-3-18-11-7-10(13)12(11)14-19(16,17)15-6-4-5-9(2)8-15/h9-12,14H,3-8,13H2,1-2H3. The van der Waals surface area contributed by atoms with E-state index in [0.717, 1.165) is 19.3 Å². The SMILES string of the molecule is CCOC1CC(N)C1NS(=O)(=O)N1CCCC(C)C1. The molecule has 7 heteroatoms. The van der Waals surface area contributed by atoms with Crippen molar-refractivity contribution in [3.8, 4) is 0 Å². The highest BCUT2D eigenvalue weighted by molar-refractivity contribution is 7.87. The molecule has 3 N–H and O–H groups in total. The summed E-state index contributed by atoms with van der Waals surface area (Å²) in [4.78, 5) is 0. The molecule has 1 aliphatic heterocycles. The van der Waals surface area contributed by atoms with E-state index < -0.39 is 10.2 Å². The minimum absolute atomic E-state index is 0.0861. The second kappa shape index (κ2) is 6.05. The quantitative estimate of drug-likeness (QED) is 0.750. The Labute approximate surface area is 115 Å². The molecule has 0 spiro atoms. The summed E-state index contributed by atoms with van der Waals surface area (Å²) in [6.45, 7) is 5.76. The molecular formula is C12H25N3O3S. The van der Waals surface area contributed by atoms with Crippen molar-refractivity contribution in [2.45, 2.75) is 51.3 Å². The number of rotatable bonds is 5. The molecule has 112 valence electrons. The molecule has 1 saturated heterocycles. The first-order valence-corrected chi connectivity index (χ1v) is 8.52. The average molecular weight is 291 g/mol. The molecule has 0 aromatic rings. The molecular weight excluding hydrogens is 266 g/mol. The van der Waals surface area contributed by atoms with E-state index in [2.05, 4.69) is 11.6 Å². The second-order valence-electron chi connectivity index (χ2n) is 5.65. The molecule has 4 unspecified atom stereocenters. The van der Waals surface area contributed by atoms with Gasteiger partial charge < -0.3 is 10.5 Å². The second-order valence-corrected chi connectivity index (χ2v) is 7.35. The molecule has 0 aromatic carbocycles. The Bertz CT molecular complexity index is 399. The molecule has 1 saturated carbocycles. The van der Waals surface area contributed by atoms with Crippen LogP contribution in [0.25, 0.3) is 0 Å². The number of hydrogen-bond acceptors (Lipinski definition) is 4. The highest BCUT2D eigenvalue weighted by Gasteiger charge is 2.43. The van der Waals surface area contributed by atoms with Crippen LogP contribution in [0.5, 0.6) is 0 Å². The zero-order valence-corrected chi connectivity index (χ0v) is 12.5. The van der Waals surface area contributed by atoms with Crippen LogP contribution in [0, 0.1) is 5.92 Å².